The lowest BCUT2D eigenvalue weighted by Crippen LogP contribution is -2.41. The minimum Gasteiger partial charge on any atom is -0.388 e. The molecule has 112 valence electrons. The van der Waals surface area contributed by atoms with Crippen LogP contribution < -0.4 is 5.32 Å². The minimum atomic E-state index is -0.877. The number of aromatic nitrogens is 1. The highest BCUT2D eigenvalue weighted by Gasteiger charge is 2.24. The molecule has 0 radical (unpaired) electrons. The average Bonchev–Trinajstić information content (AvgIpc) is 3.03. The van der Waals surface area contributed by atoms with E-state index >= 15 is 0 Å². The molecule has 0 unspecified atom stereocenters. The number of nitrogens with one attached hydrogen (secondary N) is 1. The van der Waals surface area contributed by atoms with Crippen LogP contribution in [0.1, 0.15) is 37.2 Å². The maximum Gasteiger partial charge on any atom is 0.290 e. The van der Waals surface area contributed by atoms with E-state index in [1.165, 1.54) is 0 Å². The van der Waals surface area contributed by atoms with Gasteiger partial charge in [0, 0.05) is 18.2 Å². The van der Waals surface area contributed by atoms with E-state index in [0.29, 0.717) is 18.5 Å². The summed E-state index contributed by atoms with van der Waals surface area (Å²) in [5, 5.41) is 16.7. The number of carbonyl (C=O) groups is 1. The fourth-order valence-electron chi connectivity index (χ4n) is 1.96. The molecule has 0 saturated carbocycles. The number of carbonyl (C=O) groups excluding carboxylic acids is 1. The van der Waals surface area contributed by atoms with Gasteiger partial charge in [0.05, 0.1) is 5.60 Å². The molecule has 0 atom stereocenters. The topological polar surface area (TPSA) is 75.4 Å². The van der Waals surface area contributed by atoms with Gasteiger partial charge >= 0.3 is 0 Å². The van der Waals surface area contributed by atoms with Crippen molar-refractivity contribution in [2.75, 3.05) is 6.54 Å². The Labute approximate surface area is 124 Å². The summed E-state index contributed by atoms with van der Waals surface area (Å²) in [5.41, 5.74) is 0.624. The predicted octanol–water partition coefficient (Wildman–Crippen LogP) is 2.62. The van der Waals surface area contributed by atoms with Gasteiger partial charge in [0.15, 0.2) is 0 Å². The van der Waals surface area contributed by atoms with Gasteiger partial charge in [-0.15, -0.1) is 0 Å². The van der Waals surface area contributed by atoms with Gasteiger partial charge in [-0.1, -0.05) is 49.3 Å². The number of hydrogen-bond donors (Lipinski definition) is 2. The quantitative estimate of drug-likeness (QED) is 0.856. The summed E-state index contributed by atoms with van der Waals surface area (Å²) in [6.07, 6.45) is 1.16. The Kier molecular flexibility index (Phi) is 4.75. The van der Waals surface area contributed by atoms with Gasteiger partial charge in [0.1, 0.15) is 5.69 Å². The number of nitrogens with zero attached hydrogens (tertiary/aromatic N) is 1. The molecule has 2 rings (SSSR count). The van der Waals surface area contributed by atoms with Gasteiger partial charge in [-0.2, -0.15) is 0 Å². The van der Waals surface area contributed by atoms with Crippen molar-refractivity contribution in [2.24, 2.45) is 0 Å². The van der Waals surface area contributed by atoms with Crippen LogP contribution in [0.4, 0.5) is 0 Å². The molecule has 2 aromatic rings. The second-order valence-corrected chi connectivity index (χ2v) is 5.06. The Morgan fingerprint density at radius 3 is 2.57 bits per heavy atom. The van der Waals surface area contributed by atoms with Crippen LogP contribution in [0.5, 0.6) is 0 Å². The van der Waals surface area contributed by atoms with Gasteiger partial charge in [-0.05, 0) is 12.8 Å². The largest absolute Gasteiger partial charge is 0.388 e. The third-order valence-electron chi connectivity index (χ3n) is 3.70. The SMILES string of the molecule is CCC(O)(CC)CNC(=O)c1cc(-c2ccccc2)no1. The summed E-state index contributed by atoms with van der Waals surface area (Å²) in [4.78, 5) is 12.0. The molecule has 1 amide bonds. The number of rotatable bonds is 6. The lowest BCUT2D eigenvalue weighted by molar-refractivity contribution is 0.0308. The highest BCUT2D eigenvalue weighted by Crippen LogP contribution is 2.19. The van der Waals surface area contributed by atoms with Crippen LogP contribution in [0, 0.1) is 0 Å². The summed E-state index contributed by atoms with van der Waals surface area (Å²) in [6, 6.07) is 11.1. The Balaban J connectivity index is 2.03. The first-order chi connectivity index (χ1) is 10.1. The first-order valence-corrected chi connectivity index (χ1v) is 7.10. The van der Waals surface area contributed by atoms with Crippen molar-refractivity contribution in [1.82, 2.24) is 10.5 Å². The van der Waals surface area contributed by atoms with Crippen LogP contribution in [-0.2, 0) is 0 Å². The Bertz CT molecular complexity index is 589. The third-order valence-corrected chi connectivity index (χ3v) is 3.70. The molecule has 1 heterocycles. The van der Waals surface area contributed by atoms with E-state index < -0.39 is 5.60 Å². The summed E-state index contributed by atoms with van der Waals surface area (Å²) >= 11 is 0. The van der Waals surface area contributed by atoms with Crippen LogP contribution in [0.3, 0.4) is 0 Å². The van der Waals surface area contributed by atoms with E-state index in [9.17, 15) is 9.90 Å². The maximum absolute atomic E-state index is 12.0. The fraction of sp³-hybridized carbons (Fsp3) is 0.375. The lowest BCUT2D eigenvalue weighted by atomic mass is 9.97. The molecular weight excluding hydrogens is 268 g/mol. The Morgan fingerprint density at radius 1 is 1.29 bits per heavy atom. The molecule has 0 saturated heterocycles. The van der Waals surface area contributed by atoms with Crippen molar-refractivity contribution in [2.45, 2.75) is 32.3 Å². The highest BCUT2D eigenvalue weighted by molar-refractivity contribution is 5.92. The van der Waals surface area contributed by atoms with Gasteiger partial charge in [0.25, 0.3) is 5.91 Å². The van der Waals surface area contributed by atoms with E-state index in [0.717, 1.165) is 5.56 Å². The number of benzene rings is 1. The molecule has 2 N–H and O–H groups in total. The normalized spacial score (nSPS) is 11.4. The van der Waals surface area contributed by atoms with Gasteiger partial charge < -0.3 is 14.9 Å². The standard InChI is InChI=1S/C16H20N2O3/c1-3-16(20,4-2)11-17-15(19)14-10-13(18-21-14)12-8-6-5-7-9-12/h5-10,20H,3-4,11H2,1-2H3,(H,17,19). The van der Waals surface area contributed by atoms with Crippen LogP contribution in [0.15, 0.2) is 40.9 Å². The molecule has 0 aliphatic carbocycles. The van der Waals surface area contributed by atoms with E-state index in [2.05, 4.69) is 10.5 Å². The van der Waals surface area contributed by atoms with Gasteiger partial charge in [-0.3, -0.25) is 4.79 Å². The van der Waals surface area contributed by atoms with E-state index in [4.69, 9.17) is 4.52 Å². The molecule has 0 bridgehead atoms. The van der Waals surface area contributed by atoms with E-state index in [1.54, 1.807) is 6.07 Å². The monoisotopic (exact) mass is 288 g/mol. The predicted molar refractivity (Wildman–Crippen MR) is 79.8 cm³/mol. The number of hydrogen-bond acceptors (Lipinski definition) is 4. The molecule has 1 aromatic heterocycles. The summed E-state index contributed by atoms with van der Waals surface area (Å²) in [7, 11) is 0. The van der Waals surface area contributed by atoms with Gasteiger partial charge in [0.2, 0.25) is 5.76 Å². The molecule has 21 heavy (non-hydrogen) atoms. The van der Waals surface area contributed by atoms with Gasteiger partial charge in [-0.25, -0.2) is 0 Å². The fourth-order valence-corrected chi connectivity index (χ4v) is 1.96. The Hall–Kier alpha value is -2.14. The van der Waals surface area contributed by atoms with Crippen molar-refractivity contribution in [3.05, 3.63) is 42.2 Å². The van der Waals surface area contributed by atoms with Crippen LogP contribution in [0.2, 0.25) is 0 Å². The Morgan fingerprint density at radius 2 is 1.95 bits per heavy atom. The maximum atomic E-state index is 12.0. The second-order valence-electron chi connectivity index (χ2n) is 5.06. The number of amides is 1. The molecule has 5 nitrogen and oxygen atoms in total. The zero-order valence-corrected chi connectivity index (χ0v) is 12.3. The van der Waals surface area contributed by atoms with Crippen molar-refractivity contribution >= 4 is 5.91 Å². The number of aliphatic hydroxyl groups is 1. The molecule has 0 aliphatic heterocycles. The minimum absolute atomic E-state index is 0.142. The molecule has 0 fully saturated rings. The van der Waals surface area contributed by atoms with Crippen molar-refractivity contribution < 1.29 is 14.4 Å². The molecule has 0 spiro atoms. The first kappa shape index (κ1) is 15.3. The molecule has 5 heteroatoms. The van der Waals surface area contributed by atoms with Crippen LogP contribution >= 0.6 is 0 Å². The average molecular weight is 288 g/mol. The van der Waals surface area contributed by atoms with E-state index in [-0.39, 0.29) is 18.2 Å². The van der Waals surface area contributed by atoms with E-state index in [1.807, 2.05) is 44.2 Å². The van der Waals surface area contributed by atoms with Crippen LogP contribution in [0.25, 0.3) is 11.3 Å². The third kappa shape index (κ3) is 3.70. The lowest BCUT2D eigenvalue weighted by Gasteiger charge is -2.24. The van der Waals surface area contributed by atoms with Crippen molar-refractivity contribution in [3.8, 4) is 11.3 Å². The summed E-state index contributed by atoms with van der Waals surface area (Å²) in [5.74, 6) is -0.228. The van der Waals surface area contributed by atoms with Crippen molar-refractivity contribution in [3.63, 3.8) is 0 Å². The highest BCUT2D eigenvalue weighted by atomic mass is 16.5. The van der Waals surface area contributed by atoms with Crippen LogP contribution in [-0.4, -0.2) is 28.3 Å². The second kappa shape index (κ2) is 6.54. The smallest absolute Gasteiger partial charge is 0.290 e. The summed E-state index contributed by atoms with van der Waals surface area (Å²) in [6.45, 7) is 3.97. The molecule has 1 aromatic carbocycles. The first-order valence-electron chi connectivity index (χ1n) is 7.10. The molecule has 0 aliphatic rings. The zero-order chi connectivity index (χ0) is 15.3. The summed E-state index contributed by atoms with van der Waals surface area (Å²) < 4.78 is 5.07. The van der Waals surface area contributed by atoms with Crippen molar-refractivity contribution in [1.29, 1.82) is 0 Å². The molecular formula is C16H20N2O3. The zero-order valence-electron chi connectivity index (χ0n) is 12.3.